The number of aromatic nitrogens is 1. The topological polar surface area (TPSA) is 4.93 Å². The molecule has 0 bridgehead atoms. The van der Waals surface area contributed by atoms with Gasteiger partial charge in [0.15, 0.2) is 0 Å². The Kier molecular flexibility index (Phi) is 3.90. The molecule has 0 aliphatic carbocycles. The van der Waals surface area contributed by atoms with Crippen molar-refractivity contribution >= 4 is 44.2 Å². The number of fused-ring (bicyclic) bond motifs is 4. The maximum Gasteiger partial charge on any atom is 0.0618 e. The van der Waals surface area contributed by atoms with Gasteiger partial charge in [0.05, 0.1) is 16.7 Å². The van der Waals surface area contributed by atoms with Crippen molar-refractivity contribution in [1.29, 1.82) is 0 Å². The molecule has 0 saturated heterocycles. The Hall–Kier alpha value is -3.55. The second kappa shape index (κ2) is 6.76. The lowest BCUT2D eigenvalue weighted by atomic mass is 9.98. The summed E-state index contributed by atoms with van der Waals surface area (Å²) in [6, 6.07) is 38.4. The largest absolute Gasteiger partial charge is 0.308 e. The Morgan fingerprint density at radius 1 is 0.533 bits per heavy atom. The van der Waals surface area contributed by atoms with Crippen LogP contribution in [0.2, 0.25) is 5.02 Å². The molecule has 5 aromatic carbocycles. The first-order valence-corrected chi connectivity index (χ1v) is 10.5. The van der Waals surface area contributed by atoms with E-state index >= 15 is 0 Å². The molecule has 0 amide bonds. The third-order valence-electron chi connectivity index (χ3n) is 5.84. The van der Waals surface area contributed by atoms with Crippen LogP contribution < -0.4 is 0 Å². The zero-order valence-corrected chi connectivity index (χ0v) is 17.0. The lowest BCUT2D eigenvalue weighted by molar-refractivity contribution is 1.20. The monoisotopic (exact) mass is 403 g/mol. The normalized spacial score (nSPS) is 11.5. The summed E-state index contributed by atoms with van der Waals surface area (Å²) in [6.45, 7) is 0. The van der Waals surface area contributed by atoms with Gasteiger partial charge in [-0.1, -0.05) is 103 Å². The molecule has 0 saturated carbocycles. The first kappa shape index (κ1) is 17.3. The highest BCUT2D eigenvalue weighted by Gasteiger charge is 2.18. The lowest BCUT2D eigenvalue weighted by Crippen LogP contribution is -1.99. The van der Waals surface area contributed by atoms with Crippen molar-refractivity contribution in [3.8, 4) is 16.8 Å². The van der Waals surface area contributed by atoms with Crippen LogP contribution in [-0.4, -0.2) is 4.57 Å². The average Bonchev–Trinajstić information content (AvgIpc) is 3.12. The zero-order chi connectivity index (χ0) is 20.1. The van der Waals surface area contributed by atoms with Crippen molar-refractivity contribution in [2.75, 3.05) is 0 Å². The summed E-state index contributed by atoms with van der Waals surface area (Å²) in [7, 11) is 0. The molecule has 6 aromatic rings. The minimum Gasteiger partial charge on any atom is -0.308 e. The molecule has 1 aromatic heterocycles. The Labute approximate surface area is 179 Å². The fourth-order valence-corrected chi connectivity index (χ4v) is 4.70. The molecule has 1 heterocycles. The SMILES string of the molecule is Clc1ccc2c3ccccc3n(-c3c(-c4ccccc4)ccc4ccccc34)c2c1. The van der Waals surface area contributed by atoms with Crippen molar-refractivity contribution in [2.24, 2.45) is 0 Å². The van der Waals surface area contributed by atoms with Gasteiger partial charge in [0.25, 0.3) is 0 Å². The van der Waals surface area contributed by atoms with Crippen LogP contribution in [0.1, 0.15) is 0 Å². The van der Waals surface area contributed by atoms with Crippen LogP contribution in [0.25, 0.3) is 49.4 Å². The van der Waals surface area contributed by atoms with Crippen LogP contribution in [0.5, 0.6) is 0 Å². The maximum absolute atomic E-state index is 6.47. The third-order valence-corrected chi connectivity index (χ3v) is 6.08. The molecule has 0 N–H and O–H groups in total. The highest BCUT2D eigenvalue weighted by Crippen LogP contribution is 2.40. The number of halogens is 1. The number of hydrogen-bond acceptors (Lipinski definition) is 0. The molecule has 0 aliphatic heterocycles. The van der Waals surface area contributed by atoms with E-state index in [1.54, 1.807) is 0 Å². The second-order valence-electron chi connectivity index (χ2n) is 7.56. The predicted octanol–water partition coefficient (Wildman–Crippen LogP) is 8.26. The van der Waals surface area contributed by atoms with E-state index in [-0.39, 0.29) is 0 Å². The van der Waals surface area contributed by atoms with Crippen molar-refractivity contribution in [1.82, 2.24) is 4.57 Å². The van der Waals surface area contributed by atoms with Gasteiger partial charge in [-0.3, -0.25) is 0 Å². The lowest BCUT2D eigenvalue weighted by Gasteiger charge is -2.17. The second-order valence-corrected chi connectivity index (χ2v) is 8.00. The van der Waals surface area contributed by atoms with Gasteiger partial charge in [-0.05, 0) is 29.1 Å². The van der Waals surface area contributed by atoms with E-state index in [2.05, 4.69) is 108 Å². The highest BCUT2D eigenvalue weighted by atomic mass is 35.5. The molecule has 142 valence electrons. The fraction of sp³-hybridized carbons (Fsp3) is 0. The van der Waals surface area contributed by atoms with Crippen molar-refractivity contribution in [3.63, 3.8) is 0 Å². The summed E-state index contributed by atoms with van der Waals surface area (Å²) in [5.74, 6) is 0. The highest BCUT2D eigenvalue weighted by molar-refractivity contribution is 6.31. The molecule has 0 fully saturated rings. The fourth-order valence-electron chi connectivity index (χ4n) is 4.53. The summed E-state index contributed by atoms with van der Waals surface area (Å²) >= 11 is 6.47. The predicted molar refractivity (Wildman–Crippen MR) is 129 cm³/mol. The zero-order valence-electron chi connectivity index (χ0n) is 16.2. The summed E-state index contributed by atoms with van der Waals surface area (Å²) in [6.07, 6.45) is 0. The van der Waals surface area contributed by atoms with E-state index in [0.29, 0.717) is 0 Å². The molecule has 0 atom stereocenters. The van der Waals surface area contributed by atoms with E-state index in [4.69, 9.17) is 11.6 Å². The molecule has 2 heteroatoms. The Morgan fingerprint density at radius 3 is 2.10 bits per heavy atom. The maximum atomic E-state index is 6.47. The number of hydrogen-bond donors (Lipinski definition) is 0. The van der Waals surface area contributed by atoms with Crippen molar-refractivity contribution in [3.05, 3.63) is 114 Å². The summed E-state index contributed by atoms with van der Waals surface area (Å²) in [4.78, 5) is 0. The minimum atomic E-state index is 0.744. The molecular weight excluding hydrogens is 386 g/mol. The molecule has 30 heavy (non-hydrogen) atoms. The van der Waals surface area contributed by atoms with Crippen LogP contribution in [0.3, 0.4) is 0 Å². The van der Waals surface area contributed by atoms with Gasteiger partial charge < -0.3 is 4.57 Å². The number of rotatable bonds is 2. The molecule has 0 unspecified atom stereocenters. The van der Waals surface area contributed by atoms with Crippen LogP contribution in [-0.2, 0) is 0 Å². The van der Waals surface area contributed by atoms with Crippen LogP contribution >= 0.6 is 11.6 Å². The van der Waals surface area contributed by atoms with Crippen LogP contribution in [0.4, 0.5) is 0 Å². The van der Waals surface area contributed by atoms with Crippen LogP contribution in [0.15, 0.2) is 109 Å². The van der Waals surface area contributed by atoms with Gasteiger partial charge >= 0.3 is 0 Å². The average molecular weight is 404 g/mol. The molecule has 0 aliphatic rings. The quantitative estimate of drug-likeness (QED) is 0.274. The van der Waals surface area contributed by atoms with Gasteiger partial charge in [-0.25, -0.2) is 0 Å². The number of nitrogens with zero attached hydrogens (tertiary/aromatic N) is 1. The van der Waals surface area contributed by atoms with E-state index in [1.165, 1.54) is 43.9 Å². The molecule has 0 spiro atoms. The minimum absolute atomic E-state index is 0.744. The molecule has 0 radical (unpaired) electrons. The summed E-state index contributed by atoms with van der Waals surface area (Å²) < 4.78 is 2.38. The number of benzene rings is 5. The first-order valence-electron chi connectivity index (χ1n) is 10.1. The van der Waals surface area contributed by atoms with Gasteiger partial charge in [-0.2, -0.15) is 0 Å². The van der Waals surface area contributed by atoms with E-state index in [9.17, 15) is 0 Å². The summed E-state index contributed by atoms with van der Waals surface area (Å²) in [5, 5.41) is 5.63. The van der Waals surface area contributed by atoms with E-state index in [0.717, 1.165) is 10.5 Å². The Balaban J connectivity index is 1.86. The third kappa shape index (κ3) is 2.56. The van der Waals surface area contributed by atoms with Gasteiger partial charge in [0.1, 0.15) is 0 Å². The molecule has 6 rings (SSSR count). The Bertz CT molecular complexity index is 1540. The Morgan fingerprint density at radius 2 is 1.23 bits per heavy atom. The van der Waals surface area contributed by atoms with Crippen molar-refractivity contribution in [2.45, 2.75) is 0 Å². The molecular formula is C28H18ClN. The van der Waals surface area contributed by atoms with Gasteiger partial charge in [0, 0.05) is 26.7 Å². The van der Waals surface area contributed by atoms with E-state index < -0.39 is 0 Å². The smallest absolute Gasteiger partial charge is 0.0618 e. The van der Waals surface area contributed by atoms with Crippen molar-refractivity contribution < 1.29 is 0 Å². The van der Waals surface area contributed by atoms with Gasteiger partial charge in [-0.15, -0.1) is 0 Å². The first-order chi connectivity index (χ1) is 14.8. The number of para-hydroxylation sites is 1. The van der Waals surface area contributed by atoms with E-state index in [1.807, 2.05) is 6.07 Å². The standard InChI is InChI=1S/C28H18ClN/c29-21-15-17-25-24-12-6-7-13-26(24)30(27(25)18-21)28-22-11-5-4-10-20(22)14-16-23(28)19-8-2-1-3-9-19/h1-18H. The van der Waals surface area contributed by atoms with Crippen LogP contribution in [0, 0.1) is 0 Å². The molecule has 1 nitrogen and oxygen atoms in total. The summed E-state index contributed by atoms with van der Waals surface area (Å²) in [5.41, 5.74) is 5.90. The van der Waals surface area contributed by atoms with Gasteiger partial charge in [0.2, 0.25) is 0 Å².